The van der Waals surface area contributed by atoms with Gasteiger partial charge in [0.25, 0.3) is 0 Å². The molecule has 0 heterocycles. The second-order valence-electron chi connectivity index (χ2n) is 8.17. The van der Waals surface area contributed by atoms with Crippen LogP contribution < -0.4 is 14.2 Å². The van der Waals surface area contributed by atoms with Gasteiger partial charge in [-0.25, -0.2) is 4.79 Å². The molecule has 0 radical (unpaired) electrons. The zero-order chi connectivity index (χ0) is 25.4. The quantitative estimate of drug-likeness (QED) is 0.283. The molecule has 0 aromatic heterocycles. The van der Waals surface area contributed by atoms with Gasteiger partial charge < -0.3 is 18.9 Å². The van der Waals surface area contributed by atoms with Crippen LogP contribution in [-0.4, -0.2) is 25.5 Å². The zero-order valence-electron chi connectivity index (χ0n) is 19.7. The molecule has 0 atom stereocenters. The summed E-state index contributed by atoms with van der Waals surface area (Å²) in [4.78, 5) is 11.8. The van der Waals surface area contributed by atoms with E-state index in [0.29, 0.717) is 34.3 Å². The Hall–Kier alpha value is -3.68. The maximum absolute atomic E-state index is 12.4. The van der Waals surface area contributed by atoms with Crippen molar-refractivity contribution in [2.75, 3.05) is 13.2 Å². The molecule has 0 aliphatic carbocycles. The number of hydrogen-bond acceptors (Lipinski definition) is 5. The molecule has 3 rings (SSSR count). The standard InChI is InChI=1S/C27H27F3O5/c1-4-32-26(31)17-33-24-14-9-21(20-7-12-23(13-8-20)35-27(28,29)30)16-25(24)34-22-10-5-19(6-11-22)15-18(2)3/h5-14,16,18H,4,15,17H2,1-3H3. The predicted molar refractivity (Wildman–Crippen MR) is 126 cm³/mol. The van der Waals surface area contributed by atoms with E-state index >= 15 is 0 Å². The number of alkyl halides is 3. The van der Waals surface area contributed by atoms with Crippen molar-refractivity contribution in [3.8, 4) is 34.1 Å². The van der Waals surface area contributed by atoms with Crippen molar-refractivity contribution in [2.45, 2.75) is 33.6 Å². The fourth-order valence-corrected chi connectivity index (χ4v) is 3.37. The van der Waals surface area contributed by atoms with E-state index in [-0.39, 0.29) is 19.0 Å². The summed E-state index contributed by atoms with van der Waals surface area (Å²) < 4.78 is 57.9. The number of ether oxygens (including phenoxy) is 4. The van der Waals surface area contributed by atoms with Gasteiger partial charge in [-0.05, 0) is 72.4 Å². The minimum atomic E-state index is -4.76. The lowest BCUT2D eigenvalue weighted by Gasteiger charge is -2.15. The number of benzene rings is 3. The number of rotatable bonds is 10. The monoisotopic (exact) mass is 488 g/mol. The molecule has 35 heavy (non-hydrogen) atoms. The molecule has 0 unspecified atom stereocenters. The fourth-order valence-electron chi connectivity index (χ4n) is 3.37. The maximum atomic E-state index is 12.4. The first-order valence-corrected chi connectivity index (χ1v) is 11.2. The van der Waals surface area contributed by atoms with Gasteiger partial charge in [0, 0.05) is 0 Å². The number of hydrogen-bond donors (Lipinski definition) is 0. The van der Waals surface area contributed by atoms with Crippen molar-refractivity contribution >= 4 is 5.97 Å². The molecule has 0 aliphatic rings. The van der Waals surface area contributed by atoms with Crippen molar-refractivity contribution in [1.29, 1.82) is 0 Å². The van der Waals surface area contributed by atoms with Crippen molar-refractivity contribution in [2.24, 2.45) is 5.92 Å². The first-order chi connectivity index (χ1) is 16.6. The third-order valence-corrected chi connectivity index (χ3v) is 4.81. The summed E-state index contributed by atoms with van der Waals surface area (Å²) in [5.41, 5.74) is 2.51. The molecule has 0 saturated carbocycles. The molecule has 0 bridgehead atoms. The number of carbonyl (C=O) groups excluding carboxylic acids is 1. The van der Waals surface area contributed by atoms with E-state index in [9.17, 15) is 18.0 Å². The zero-order valence-corrected chi connectivity index (χ0v) is 19.7. The molecule has 0 amide bonds. The van der Waals surface area contributed by atoms with E-state index < -0.39 is 12.3 Å². The smallest absolute Gasteiger partial charge is 0.478 e. The Morgan fingerprint density at radius 2 is 1.49 bits per heavy atom. The Bertz CT molecular complexity index is 1110. The Morgan fingerprint density at radius 3 is 2.09 bits per heavy atom. The van der Waals surface area contributed by atoms with Crippen molar-refractivity contribution in [3.05, 3.63) is 72.3 Å². The summed E-state index contributed by atoms with van der Waals surface area (Å²) in [6, 6.07) is 18.2. The first-order valence-electron chi connectivity index (χ1n) is 11.2. The molecule has 0 fully saturated rings. The highest BCUT2D eigenvalue weighted by Gasteiger charge is 2.31. The van der Waals surface area contributed by atoms with Crippen molar-refractivity contribution < 1.29 is 36.9 Å². The van der Waals surface area contributed by atoms with Gasteiger partial charge in [-0.3, -0.25) is 0 Å². The van der Waals surface area contributed by atoms with E-state index in [1.165, 1.54) is 29.8 Å². The van der Waals surface area contributed by atoms with Crippen LogP contribution in [0.3, 0.4) is 0 Å². The SMILES string of the molecule is CCOC(=O)COc1ccc(-c2ccc(OC(F)(F)F)cc2)cc1Oc1ccc(CC(C)C)cc1. The largest absolute Gasteiger partial charge is 0.573 e. The summed E-state index contributed by atoms with van der Waals surface area (Å²) in [5.74, 6) is 0.942. The van der Waals surface area contributed by atoms with Crippen LogP contribution in [0.15, 0.2) is 66.7 Å². The lowest BCUT2D eigenvalue weighted by Crippen LogP contribution is -2.16. The number of esters is 1. The normalized spacial score (nSPS) is 11.3. The van der Waals surface area contributed by atoms with Crippen LogP contribution in [0.25, 0.3) is 11.1 Å². The Balaban J connectivity index is 1.86. The molecule has 3 aromatic rings. The van der Waals surface area contributed by atoms with Crippen LogP contribution in [0, 0.1) is 5.92 Å². The van der Waals surface area contributed by atoms with Crippen LogP contribution in [0.4, 0.5) is 13.2 Å². The molecule has 0 saturated heterocycles. The van der Waals surface area contributed by atoms with E-state index in [2.05, 4.69) is 18.6 Å². The highest BCUT2D eigenvalue weighted by atomic mass is 19.4. The molecule has 8 heteroatoms. The molecular weight excluding hydrogens is 461 g/mol. The molecule has 3 aromatic carbocycles. The van der Waals surface area contributed by atoms with Crippen molar-refractivity contribution in [3.63, 3.8) is 0 Å². The van der Waals surface area contributed by atoms with Gasteiger partial charge in [-0.2, -0.15) is 0 Å². The van der Waals surface area contributed by atoms with Crippen LogP contribution in [0.2, 0.25) is 0 Å². The molecule has 0 aliphatic heterocycles. The van der Waals surface area contributed by atoms with Gasteiger partial charge in [0.1, 0.15) is 11.5 Å². The topological polar surface area (TPSA) is 54.0 Å². The van der Waals surface area contributed by atoms with E-state index in [4.69, 9.17) is 14.2 Å². The molecule has 186 valence electrons. The van der Waals surface area contributed by atoms with Gasteiger partial charge in [-0.15, -0.1) is 13.2 Å². The summed E-state index contributed by atoms with van der Waals surface area (Å²) in [6.07, 6.45) is -3.82. The average molecular weight is 489 g/mol. The molecule has 0 N–H and O–H groups in total. The van der Waals surface area contributed by atoms with Gasteiger partial charge in [0.05, 0.1) is 6.61 Å². The van der Waals surface area contributed by atoms with Gasteiger partial charge in [0.15, 0.2) is 18.1 Å². The van der Waals surface area contributed by atoms with Crippen molar-refractivity contribution in [1.82, 2.24) is 0 Å². The van der Waals surface area contributed by atoms with E-state index in [0.717, 1.165) is 6.42 Å². The maximum Gasteiger partial charge on any atom is 0.573 e. The highest BCUT2D eigenvalue weighted by molar-refractivity contribution is 5.72. The summed E-state index contributed by atoms with van der Waals surface area (Å²) in [6.45, 7) is 5.94. The fraction of sp³-hybridized carbons (Fsp3) is 0.296. The summed E-state index contributed by atoms with van der Waals surface area (Å²) >= 11 is 0. The minimum Gasteiger partial charge on any atom is -0.478 e. The van der Waals surface area contributed by atoms with Crippen LogP contribution in [0.5, 0.6) is 23.0 Å². The second kappa shape index (κ2) is 11.6. The van der Waals surface area contributed by atoms with Gasteiger partial charge in [-0.1, -0.05) is 44.2 Å². The molecule has 0 spiro atoms. The predicted octanol–water partition coefficient (Wildman–Crippen LogP) is 7.18. The van der Waals surface area contributed by atoms with Gasteiger partial charge >= 0.3 is 12.3 Å². The lowest BCUT2D eigenvalue weighted by atomic mass is 10.0. The van der Waals surface area contributed by atoms with Crippen LogP contribution in [-0.2, 0) is 16.0 Å². The van der Waals surface area contributed by atoms with Crippen LogP contribution >= 0.6 is 0 Å². The molecule has 5 nitrogen and oxygen atoms in total. The number of carbonyl (C=O) groups is 1. The Labute approximate surface area is 202 Å². The molecular formula is C27H27F3O5. The van der Waals surface area contributed by atoms with Gasteiger partial charge in [0.2, 0.25) is 0 Å². The average Bonchev–Trinajstić information content (AvgIpc) is 2.79. The summed E-state index contributed by atoms with van der Waals surface area (Å²) in [7, 11) is 0. The lowest BCUT2D eigenvalue weighted by molar-refractivity contribution is -0.274. The first kappa shape index (κ1) is 25.9. The van der Waals surface area contributed by atoms with E-state index in [1.807, 2.05) is 24.3 Å². The third kappa shape index (κ3) is 8.24. The second-order valence-corrected chi connectivity index (χ2v) is 8.17. The number of halogens is 3. The Kier molecular flexibility index (Phi) is 8.63. The highest BCUT2D eigenvalue weighted by Crippen LogP contribution is 2.37. The summed E-state index contributed by atoms with van der Waals surface area (Å²) in [5, 5.41) is 0. The van der Waals surface area contributed by atoms with Crippen LogP contribution in [0.1, 0.15) is 26.3 Å². The van der Waals surface area contributed by atoms with E-state index in [1.54, 1.807) is 25.1 Å². The third-order valence-electron chi connectivity index (χ3n) is 4.81. The minimum absolute atomic E-state index is 0.237. The Morgan fingerprint density at radius 1 is 0.857 bits per heavy atom.